The number of nitrogens with one attached hydrogen (secondary N) is 1. The second kappa shape index (κ2) is 33.9. The van der Waals surface area contributed by atoms with Crippen LogP contribution in [0.25, 0.3) is 0 Å². The zero-order valence-electron chi connectivity index (χ0n) is 29.5. The Bertz CT molecular complexity index is 918. The summed E-state index contributed by atoms with van der Waals surface area (Å²) in [5.41, 5.74) is 0. The molecule has 47 heavy (non-hydrogen) atoms. The van der Waals surface area contributed by atoms with Crippen molar-refractivity contribution < 1.29 is 37.9 Å². The number of hydrogen-bond acceptors (Lipinski definition) is 7. The van der Waals surface area contributed by atoms with Crippen molar-refractivity contribution in [3.05, 3.63) is 48.6 Å². The van der Waals surface area contributed by atoms with Crippen LogP contribution < -0.4 is 5.32 Å². The van der Waals surface area contributed by atoms with E-state index in [-0.39, 0.29) is 32.1 Å². The SMILES string of the molecule is CC/C=C\C/C=C\C/C=C\CCCCCCCC(=O)OCC(O)COP(=O)(O)OCCNC(=O)CCCCCCC/C=C\CCCC. The Kier molecular flexibility index (Phi) is 32.4. The van der Waals surface area contributed by atoms with Crippen molar-refractivity contribution in [2.45, 2.75) is 148 Å². The van der Waals surface area contributed by atoms with Gasteiger partial charge in [0.2, 0.25) is 5.91 Å². The maximum absolute atomic E-state index is 12.0. The number of esters is 1. The van der Waals surface area contributed by atoms with E-state index in [1.807, 2.05) is 0 Å². The summed E-state index contributed by atoms with van der Waals surface area (Å²) in [4.78, 5) is 33.7. The van der Waals surface area contributed by atoms with Gasteiger partial charge in [0, 0.05) is 19.4 Å². The van der Waals surface area contributed by atoms with Crippen molar-refractivity contribution in [3.63, 3.8) is 0 Å². The lowest BCUT2D eigenvalue weighted by molar-refractivity contribution is -0.147. The third-order valence-electron chi connectivity index (χ3n) is 7.24. The van der Waals surface area contributed by atoms with Crippen LogP contribution in [0.1, 0.15) is 142 Å². The van der Waals surface area contributed by atoms with Gasteiger partial charge in [-0.2, -0.15) is 0 Å². The largest absolute Gasteiger partial charge is 0.472 e. The Morgan fingerprint density at radius 2 is 1.21 bits per heavy atom. The number of hydrogen-bond donors (Lipinski definition) is 3. The van der Waals surface area contributed by atoms with E-state index in [0.717, 1.165) is 89.9 Å². The van der Waals surface area contributed by atoms with Crippen molar-refractivity contribution in [2.24, 2.45) is 0 Å². The third kappa shape index (κ3) is 35.1. The number of amides is 1. The molecule has 0 aliphatic rings. The molecule has 1 amide bonds. The van der Waals surface area contributed by atoms with Gasteiger partial charge in [-0.25, -0.2) is 4.57 Å². The van der Waals surface area contributed by atoms with Crippen LogP contribution >= 0.6 is 7.82 Å². The molecule has 3 N–H and O–H groups in total. The molecule has 0 spiro atoms. The van der Waals surface area contributed by atoms with E-state index in [1.54, 1.807) is 0 Å². The molecular formula is C37H66NO8P. The minimum absolute atomic E-state index is 0.0732. The van der Waals surface area contributed by atoms with Crippen molar-refractivity contribution in [3.8, 4) is 0 Å². The summed E-state index contributed by atoms with van der Waals surface area (Å²) in [5, 5.41) is 12.6. The first kappa shape index (κ1) is 45.0. The van der Waals surface area contributed by atoms with Gasteiger partial charge in [-0.1, -0.05) is 114 Å². The Hall–Kier alpha value is -2.03. The van der Waals surface area contributed by atoms with E-state index in [0.29, 0.717) is 12.8 Å². The van der Waals surface area contributed by atoms with Crippen molar-refractivity contribution in [1.82, 2.24) is 5.32 Å². The van der Waals surface area contributed by atoms with Gasteiger partial charge in [-0.3, -0.25) is 18.6 Å². The molecule has 272 valence electrons. The topological polar surface area (TPSA) is 131 Å². The minimum Gasteiger partial charge on any atom is -0.463 e. The lowest BCUT2D eigenvalue weighted by Crippen LogP contribution is -2.27. The average Bonchev–Trinajstić information content (AvgIpc) is 3.05. The molecule has 2 atom stereocenters. The number of aliphatic hydroxyl groups excluding tert-OH is 1. The van der Waals surface area contributed by atoms with Gasteiger partial charge in [-0.15, -0.1) is 0 Å². The summed E-state index contributed by atoms with van der Waals surface area (Å²) < 4.78 is 26.7. The fraction of sp³-hybridized carbons (Fsp3) is 0.730. The molecule has 0 aromatic rings. The predicted octanol–water partition coefficient (Wildman–Crippen LogP) is 9.21. The molecule has 2 unspecified atom stereocenters. The fourth-order valence-electron chi connectivity index (χ4n) is 4.49. The first-order valence-corrected chi connectivity index (χ1v) is 19.6. The summed E-state index contributed by atoms with van der Waals surface area (Å²) >= 11 is 0. The maximum atomic E-state index is 12.0. The Balaban J connectivity index is 3.68. The number of phosphoric acid groups is 1. The molecule has 9 nitrogen and oxygen atoms in total. The fourth-order valence-corrected chi connectivity index (χ4v) is 5.25. The van der Waals surface area contributed by atoms with Gasteiger partial charge in [0.25, 0.3) is 0 Å². The van der Waals surface area contributed by atoms with Crippen LogP contribution in [0.3, 0.4) is 0 Å². The predicted molar refractivity (Wildman–Crippen MR) is 192 cm³/mol. The van der Waals surface area contributed by atoms with Crippen LogP contribution in [0.5, 0.6) is 0 Å². The molecule has 0 aliphatic heterocycles. The first-order valence-electron chi connectivity index (χ1n) is 18.1. The summed E-state index contributed by atoms with van der Waals surface area (Å²) in [7, 11) is -4.41. The van der Waals surface area contributed by atoms with Gasteiger partial charge in [0.1, 0.15) is 12.7 Å². The second-order valence-electron chi connectivity index (χ2n) is 11.8. The van der Waals surface area contributed by atoms with Gasteiger partial charge < -0.3 is 20.1 Å². The molecule has 0 saturated heterocycles. The van der Waals surface area contributed by atoms with Crippen LogP contribution in [-0.2, 0) is 27.9 Å². The van der Waals surface area contributed by atoms with Crippen molar-refractivity contribution in [2.75, 3.05) is 26.4 Å². The van der Waals surface area contributed by atoms with E-state index < -0.39 is 26.5 Å². The summed E-state index contributed by atoms with van der Waals surface area (Å²) in [5.74, 6) is -0.549. The zero-order valence-corrected chi connectivity index (χ0v) is 30.4. The summed E-state index contributed by atoms with van der Waals surface area (Å²) in [6.07, 6.45) is 36.1. The summed E-state index contributed by atoms with van der Waals surface area (Å²) in [6.45, 7) is 3.34. The molecule has 0 heterocycles. The quantitative estimate of drug-likeness (QED) is 0.0270. The lowest BCUT2D eigenvalue weighted by Gasteiger charge is -2.15. The minimum atomic E-state index is -4.41. The highest BCUT2D eigenvalue weighted by Crippen LogP contribution is 2.42. The number of aliphatic hydroxyl groups is 1. The van der Waals surface area contributed by atoms with Gasteiger partial charge in [-0.05, 0) is 64.2 Å². The summed E-state index contributed by atoms with van der Waals surface area (Å²) in [6, 6.07) is 0. The third-order valence-corrected chi connectivity index (χ3v) is 8.23. The second-order valence-corrected chi connectivity index (χ2v) is 13.3. The smallest absolute Gasteiger partial charge is 0.463 e. The molecule has 0 saturated carbocycles. The lowest BCUT2D eigenvalue weighted by atomic mass is 10.1. The zero-order chi connectivity index (χ0) is 34.7. The molecular weight excluding hydrogens is 617 g/mol. The van der Waals surface area contributed by atoms with E-state index >= 15 is 0 Å². The molecule has 0 rings (SSSR count). The van der Waals surface area contributed by atoms with E-state index in [9.17, 15) is 24.2 Å². The van der Waals surface area contributed by atoms with Gasteiger partial charge in [0.15, 0.2) is 0 Å². The highest BCUT2D eigenvalue weighted by molar-refractivity contribution is 7.47. The van der Waals surface area contributed by atoms with Gasteiger partial charge >= 0.3 is 13.8 Å². The first-order chi connectivity index (χ1) is 22.8. The van der Waals surface area contributed by atoms with Crippen molar-refractivity contribution >= 4 is 19.7 Å². The number of ether oxygens (including phenoxy) is 1. The number of rotatable bonds is 33. The van der Waals surface area contributed by atoms with Crippen LogP contribution in [-0.4, -0.2) is 54.3 Å². The number of carbonyl (C=O) groups is 2. The Labute approximate surface area is 285 Å². The van der Waals surface area contributed by atoms with E-state index in [1.165, 1.54) is 19.3 Å². The molecule has 0 aromatic carbocycles. The highest BCUT2D eigenvalue weighted by atomic mass is 31.2. The molecule has 10 heteroatoms. The molecule has 0 fully saturated rings. The monoisotopic (exact) mass is 683 g/mol. The number of carbonyl (C=O) groups excluding carboxylic acids is 2. The van der Waals surface area contributed by atoms with Gasteiger partial charge in [0.05, 0.1) is 13.2 Å². The van der Waals surface area contributed by atoms with Crippen LogP contribution in [0.15, 0.2) is 48.6 Å². The van der Waals surface area contributed by atoms with E-state index in [4.69, 9.17) is 13.8 Å². The van der Waals surface area contributed by atoms with E-state index in [2.05, 4.69) is 67.8 Å². The Morgan fingerprint density at radius 3 is 1.85 bits per heavy atom. The number of unbranched alkanes of at least 4 members (excludes halogenated alkanes) is 12. The average molecular weight is 684 g/mol. The maximum Gasteiger partial charge on any atom is 0.472 e. The normalized spacial score (nSPS) is 14.0. The van der Waals surface area contributed by atoms with Crippen LogP contribution in [0.2, 0.25) is 0 Å². The van der Waals surface area contributed by atoms with Crippen molar-refractivity contribution in [1.29, 1.82) is 0 Å². The van der Waals surface area contributed by atoms with Crippen LogP contribution in [0.4, 0.5) is 0 Å². The molecule has 0 radical (unpaired) electrons. The molecule has 0 aromatic heterocycles. The molecule has 0 aliphatic carbocycles. The Morgan fingerprint density at radius 1 is 0.681 bits per heavy atom. The molecule has 0 bridgehead atoms. The standard InChI is InChI=1S/C37H66NO8P/c1-3-5-7-9-11-13-15-16-17-18-20-22-24-26-28-30-37(41)44-33-35(39)34-46-47(42,43)45-32-31-38-36(40)29-27-25-23-21-19-14-12-10-8-6-4-2/h5,7,10-13,16-17,35,39H,3-4,6,8-9,14-15,18-34H2,1-2H3,(H,38,40)(H,42,43)/b7-5-,12-10-,13-11-,17-16-. The number of allylic oxidation sites excluding steroid dienone is 8. The number of phosphoric ester groups is 1. The highest BCUT2D eigenvalue weighted by Gasteiger charge is 2.23. The van der Waals surface area contributed by atoms with Crippen LogP contribution in [0, 0.1) is 0 Å².